The van der Waals surface area contributed by atoms with Gasteiger partial charge in [-0.25, -0.2) is 4.98 Å². The molecule has 1 fully saturated rings. The Bertz CT molecular complexity index is 618. The van der Waals surface area contributed by atoms with Gasteiger partial charge in [0.15, 0.2) is 0 Å². The lowest BCUT2D eigenvalue weighted by Gasteiger charge is -2.12. The highest BCUT2D eigenvalue weighted by Crippen LogP contribution is 2.23. The number of ether oxygens (including phenoxy) is 1. The summed E-state index contributed by atoms with van der Waals surface area (Å²) in [7, 11) is 1.96. The first kappa shape index (κ1) is 12.4. The van der Waals surface area contributed by atoms with Gasteiger partial charge in [-0.3, -0.25) is 4.79 Å². The maximum absolute atomic E-state index is 12.3. The Kier molecular flexibility index (Phi) is 3.11. The van der Waals surface area contributed by atoms with Crippen LogP contribution in [-0.4, -0.2) is 28.0 Å². The first-order chi connectivity index (χ1) is 9.16. The van der Waals surface area contributed by atoms with E-state index in [0.29, 0.717) is 13.0 Å². The Morgan fingerprint density at radius 1 is 1.47 bits per heavy atom. The van der Waals surface area contributed by atoms with Crippen molar-refractivity contribution >= 4 is 16.8 Å². The van der Waals surface area contributed by atoms with Crippen LogP contribution in [0.3, 0.4) is 0 Å². The number of fused-ring (bicyclic) bond motifs is 1. The van der Waals surface area contributed by atoms with Crippen LogP contribution in [-0.2, 0) is 23.0 Å². The van der Waals surface area contributed by atoms with Gasteiger partial charge in [-0.05, 0) is 25.5 Å². The van der Waals surface area contributed by atoms with Crippen molar-refractivity contribution in [1.29, 1.82) is 0 Å². The van der Waals surface area contributed by atoms with Gasteiger partial charge in [0.2, 0.25) is 0 Å². The molecule has 0 saturated carbocycles. The third-order valence-electron chi connectivity index (χ3n) is 4.00. The standard InChI is InChI=1S/C15H18N2O2/c1-10-11(7-8-19-10)14(18)9-15-16-12-5-3-4-6-13(12)17(15)2/h3-6,10-11H,7-9H2,1-2H3. The molecule has 100 valence electrons. The van der Waals surface area contributed by atoms with Crippen LogP contribution in [0.25, 0.3) is 11.0 Å². The van der Waals surface area contributed by atoms with E-state index in [4.69, 9.17) is 4.74 Å². The summed E-state index contributed by atoms with van der Waals surface area (Å²) in [6.07, 6.45) is 1.27. The molecule has 1 aromatic heterocycles. The van der Waals surface area contributed by atoms with Gasteiger partial charge in [-0.2, -0.15) is 0 Å². The Labute approximate surface area is 112 Å². The first-order valence-electron chi connectivity index (χ1n) is 6.71. The van der Waals surface area contributed by atoms with Crippen molar-refractivity contribution in [3.8, 4) is 0 Å². The van der Waals surface area contributed by atoms with Gasteiger partial charge in [-0.15, -0.1) is 0 Å². The summed E-state index contributed by atoms with van der Waals surface area (Å²) in [5.41, 5.74) is 2.02. The molecule has 2 aromatic rings. The molecule has 0 bridgehead atoms. The number of aryl methyl sites for hydroxylation is 1. The second-order valence-electron chi connectivity index (χ2n) is 5.19. The highest BCUT2D eigenvalue weighted by Gasteiger charge is 2.31. The first-order valence-corrected chi connectivity index (χ1v) is 6.71. The number of imidazole rings is 1. The fraction of sp³-hybridized carbons (Fsp3) is 0.467. The lowest BCUT2D eigenvalue weighted by molar-refractivity contribution is -0.123. The van der Waals surface area contributed by atoms with E-state index in [2.05, 4.69) is 4.98 Å². The van der Waals surface area contributed by atoms with Gasteiger partial charge in [-0.1, -0.05) is 12.1 Å². The molecule has 19 heavy (non-hydrogen) atoms. The molecule has 0 aliphatic carbocycles. The summed E-state index contributed by atoms with van der Waals surface area (Å²) in [5, 5.41) is 0. The van der Waals surface area contributed by atoms with Crippen LogP contribution in [0.15, 0.2) is 24.3 Å². The molecule has 1 saturated heterocycles. The Morgan fingerprint density at radius 2 is 2.26 bits per heavy atom. The summed E-state index contributed by atoms with van der Waals surface area (Å²) in [4.78, 5) is 16.9. The fourth-order valence-electron chi connectivity index (χ4n) is 2.79. The van der Waals surface area contributed by atoms with Crippen LogP contribution < -0.4 is 0 Å². The zero-order valence-corrected chi connectivity index (χ0v) is 11.3. The highest BCUT2D eigenvalue weighted by molar-refractivity contribution is 5.85. The van der Waals surface area contributed by atoms with Gasteiger partial charge in [0.25, 0.3) is 0 Å². The number of ketones is 1. The molecule has 1 aromatic carbocycles. The molecule has 0 amide bonds. The zero-order chi connectivity index (χ0) is 13.4. The van der Waals surface area contributed by atoms with Crippen LogP contribution in [0.2, 0.25) is 0 Å². The van der Waals surface area contributed by atoms with E-state index in [1.165, 1.54) is 0 Å². The minimum absolute atomic E-state index is 0.0276. The van der Waals surface area contributed by atoms with Crippen molar-refractivity contribution in [3.05, 3.63) is 30.1 Å². The normalized spacial score (nSPS) is 23.1. The van der Waals surface area contributed by atoms with Crippen molar-refractivity contribution < 1.29 is 9.53 Å². The lowest BCUT2D eigenvalue weighted by atomic mass is 9.95. The molecule has 3 rings (SSSR count). The number of rotatable bonds is 3. The summed E-state index contributed by atoms with van der Waals surface area (Å²) in [5.74, 6) is 1.11. The molecule has 4 heteroatoms. The van der Waals surface area contributed by atoms with E-state index in [1.807, 2.05) is 42.8 Å². The third-order valence-corrected chi connectivity index (χ3v) is 4.00. The SMILES string of the molecule is CC1OCCC1C(=O)Cc1nc2ccccc2n1C. The molecule has 2 atom stereocenters. The minimum Gasteiger partial charge on any atom is -0.378 e. The summed E-state index contributed by atoms with van der Waals surface area (Å²) in [6, 6.07) is 7.96. The Hall–Kier alpha value is -1.68. The predicted molar refractivity (Wildman–Crippen MR) is 72.9 cm³/mol. The number of para-hydroxylation sites is 2. The summed E-state index contributed by atoms with van der Waals surface area (Å²) >= 11 is 0. The summed E-state index contributed by atoms with van der Waals surface area (Å²) in [6.45, 7) is 2.67. The van der Waals surface area contributed by atoms with Crippen molar-refractivity contribution in [1.82, 2.24) is 9.55 Å². The van der Waals surface area contributed by atoms with E-state index >= 15 is 0 Å². The number of hydrogen-bond acceptors (Lipinski definition) is 3. The van der Waals surface area contributed by atoms with Crippen LogP contribution >= 0.6 is 0 Å². The van der Waals surface area contributed by atoms with E-state index in [0.717, 1.165) is 23.3 Å². The maximum atomic E-state index is 12.3. The van der Waals surface area contributed by atoms with Gasteiger partial charge < -0.3 is 9.30 Å². The van der Waals surface area contributed by atoms with Crippen LogP contribution in [0.1, 0.15) is 19.2 Å². The smallest absolute Gasteiger partial charge is 0.146 e. The number of hydrogen-bond donors (Lipinski definition) is 0. The van der Waals surface area contributed by atoms with Crippen LogP contribution in [0.4, 0.5) is 0 Å². The van der Waals surface area contributed by atoms with Crippen molar-refractivity contribution in [3.63, 3.8) is 0 Å². The number of aromatic nitrogens is 2. The molecular weight excluding hydrogens is 240 g/mol. The molecule has 2 heterocycles. The largest absolute Gasteiger partial charge is 0.378 e. The Balaban J connectivity index is 1.85. The maximum Gasteiger partial charge on any atom is 0.146 e. The molecule has 0 spiro atoms. The van der Waals surface area contributed by atoms with Gasteiger partial charge in [0.05, 0.1) is 23.6 Å². The molecule has 0 radical (unpaired) electrons. The van der Waals surface area contributed by atoms with E-state index in [9.17, 15) is 4.79 Å². The molecule has 2 unspecified atom stereocenters. The van der Waals surface area contributed by atoms with E-state index in [-0.39, 0.29) is 17.8 Å². The third kappa shape index (κ3) is 2.16. The molecular formula is C15H18N2O2. The topological polar surface area (TPSA) is 44.1 Å². The number of Topliss-reactive ketones (excluding diaryl/α,β-unsaturated/α-hetero) is 1. The van der Waals surface area contributed by atoms with Crippen LogP contribution in [0.5, 0.6) is 0 Å². The number of carbonyl (C=O) groups excluding carboxylic acids is 1. The molecule has 0 N–H and O–H groups in total. The number of benzene rings is 1. The quantitative estimate of drug-likeness (QED) is 0.847. The predicted octanol–water partition coefficient (Wildman–Crippen LogP) is 2.11. The van der Waals surface area contributed by atoms with Crippen molar-refractivity contribution in [2.45, 2.75) is 25.9 Å². The molecule has 1 aliphatic rings. The average molecular weight is 258 g/mol. The summed E-state index contributed by atoms with van der Waals surface area (Å²) < 4.78 is 7.47. The molecule has 4 nitrogen and oxygen atoms in total. The molecule has 1 aliphatic heterocycles. The minimum atomic E-state index is 0.0276. The average Bonchev–Trinajstić information content (AvgIpc) is 2.95. The van der Waals surface area contributed by atoms with Crippen molar-refractivity contribution in [2.75, 3.05) is 6.61 Å². The van der Waals surface area contributed by atoms with Gasteiger partial charge in [0.1, 0.15) is 11.6 Å². The van der Waals surface area contributed by atoms with Gasteiger partial charge in [0, 0.05) is 19.6 Å². The number of carbonyl (C=O) groups is 1. The van der Waals surface area contributed by atoms with Crippen molar-refractivity contribution in [2.24, 2.45) is 13.0 Å². The lowest BCUT2D eigenvalue weighted by Crippen LogP contribution is -2.24. The number of nitrogens with zero attached hydrogens (tertiary/aromatic N) is 2. The Morgan fingerprint density at radius 3 is 2.95 bits per heavy atom. The van der Waals surface area contributed by atoms with E-state index in [1.54, 1.807) is 0 Å². The highest BCUT2D eigenvalue weighted by atomic mass is 16.5. The van der Waals surface area contributed by atoms with E-state index < -0.39 is 0 Å². The second-order valence-corrected chi connectivity index (χ2v) is 5.19. The monoisotopic (exact) mass is 258 g/mol. The fourth-order valence-corrected chi connectivity index (χ4v) is 2.79. The van der Waals surface area contributed by atoms with Gasteiger partial charge >= 0.3 is 0 Å². The van der Waals surface area contributed by atoms with Crippen LogP contribution in [0, 0.1) is 5.92 Å². The zero-order valence-electron chi connectivity index (χ0n) is 11.3. The second kappa shape index (κ2) is 4.78.